The summed E-state index contributed by atoms with van der Waals surface area (Å²) in [5, 5.41) is 3.47. The Morgan fingerprint density at radius 2 is 2.05 bits per heavy atom. The van der Waals surface area contributed by atoms with Crippen LogP contribution in [0.2, 0.25) is 0 Å². The minimum Gasteiger partial charge on any atom is -0.496 e. The highest BCUT2D eigenvalue weighted by Gasteiger charge is 2.21. The van der Waals surface area contributed by atoms with Crippen molar-refractivity contribution < 1.29 is 9.15 Å². The molecule has 2 rings (SSSR count). The predicted molar refractivity (Wildman–Crippen MR) is 76.7 cm³/mol. The Bertz CT molecular complexity index is 545. The molecule has 102 valence electrons. The van der Waals surface area contributed by atoms with Gasteiger partial charge in [0.25, 0.3) is 0 Å². The maximum absolute atomic E-state index is 5.65. The molecule has 2 aromatic rings. The normalized spacial score (nSPS) is 12.4. The first kappa shape index (κ1) is 13.7. The molecule has 1 aromatic heterocycles. The van der Waals surface area contributed by atoms with Crippen LogP contribution in [0.25, 0.3) is 0 Å². The first-order chi connectivity index (χ1) is 9.17. The van der Waals surface area contributed by atoms with Crippen LogP contribution in [-0.2, 0) is 0 Å². The van der Waals surface area contributed by atoms with Gasteiger partial charge in [0, 0.05) is 5.56 Å². The van der Waals surface area contributed by atoms with Gasteiger partial charge in [-0.2, -0.15) is 0 Å². The maximum Gasteiger partial charge on any atom is 0.128 e. The van der Waals surface area contributed by atoms with Crippen LogP contribution in [0, 0.1) is 13.8 Å². The third-order valence-corrected chi connectivity index (χ3v) is 3.27. The lowest BCUT2D eigenvalue weighted by molar-refractivity contribution is 0.393. The number of methoxy groups -OCH3 is 1. The van der Waals surface area contributed by atoms with Gasteiger partial charge in [-0.1, -0.05) is 24.6 Å². The second kappa shape index (κ2) is 5.93. The molecule has 3 nitrogen and oxygen atoms in total. The van der Waals surface area contributed by atoms with Gasteiger partial charge in [0.1, 0.15) is 11.5 Å². The zero-order valence-corrected chi connectivity index (χ0v) is 12.0. The van der Waals surface area contributed by atoms with Gasteiger partial charge in [0.05, 0.1) is 19.4 Å². The highest BCUT2D eigenvalue weighted by Crippen LogP contribution is 2.32. The summed E-state index contributed by atoms with van der Waals surface area (Å²) in [6.07, 6.45) is 1.73. The number of benzene rings is 1. The van der Waals surface area contributed by atoms with Crippen LogP contribution in [-0.4, -0.2) is 13.7 Å². The van der Waals surface area contributed by atoms with Crippen LogP contribution in [0.1, 0.15) is 35.4 Å². The summed E-state index contributed by atoms with van der Waals surface area (Å²) in [6.45, 7) is 7.10. The number of aryl methyl sites for hydroxylation is 2. The van der Waals surface area contributed by atoms with Crippen molar-refractivity contribution in [2.75, 3.05) is 13.7 Å². The minimum atomic E-state index is 0.0230. The molecule has 0 amide bonds. The van der Waals surface area contributed by atoms with Crippen LogP contribution >= 0.6 is 0 Å². The van der Waals surface area contributed by atoms with Crippen molar-refractivity contribution in [2.24, 2.45) is 0 Å². The minimum absolute atomic E-state index is 0.0230. The van der Waals surface area contributed by atoms with E-state index in [2.05, 4.69) is 38.2 Å². The van der Waals surface area contributed by atoms with Crippen molar-refractivity contribution in [1.82, 2.24) is 5.32 Å². The van der Waals surface area contributed by atoms with Gasteiger partial charge < -0.3 is 14.5 Å². The van der Waals surface area contributed by atoms with Gasteiger partial charge in [-0.25, -0.2) is 0 Å². The smallest absolute Gasteiger partial charge is 0.128 e. The van der Waals surface area contributed by atoms with Gasteiger partial charge >= 0.3 is 0 Å². The van der Waals surface area contributed by atoms with E-state index in [1.807, 2.05) is 12.1 Å². The SMILES string of the molecule is CCNC(c1cc(C)ccc1OC)c1occc1C. The Morgan fingerprint density at radius 1 is 1.26 bits per heavy atom. The fraction of sp³-hybridized carbons (Fsp3) is 0.375. The quantitative estimate of drug-likeness (QED) is 0.890. The Kier molecular flexibility index (Phi) is 4.27. The standard InChI is InChI=1S/C16H21NO2/c1-5-17-15(16-12(3)8-9-19-16)13-10-11(2)6-7-14(13)18-4/h6-10,15,17H,5H2,1-4H3. The van der Waals surface area contributed by atoms with Crippen LogP contribution < -0.4 is 10.1 Å². The van der Waals surface area contributed by atoms with E-state index in [0.717, 1.165) is 29.2 Å². The van der Waals surface area contributed by atoms with Crippen molar-refractivity contribution in [1.29, 1.82) is 0 Å². The van der Waals surface area contributed by atoms with Gasteiger partial charge in [0.2, 0.25) is 0 Å². The van der Waals surface area contributed by atoms with Gasteiger partial charge in [-0.15, -0.1) is 0 Å². The largest absolute Gasteiger partial charge is 0.496 e. The molecule has 0 saturated carbocycles. The summed E-state index contributed by atoms with van der Waals surface area (Å²) < 4.78 is 11.1. The number of ether oxygens (including phenoxy) is 1. The maximum atomic E-state index is 5.65. The van der Waals surface area contributed by atoms with Crippen molar-refractivity contribution in [2.45, 2.75) is 26.8 Å². The van der Waals surface area contributed by atoms with Crippen molar-refractivity contribution >= 4 is 0 Å². The number of hydrogen-bond acceptors (Lipinski definition) is 3. The predicted octanol–water partition coefficient (Wildman–Crippen LogP) is 3.60. The summed E-state index contributed by atoms with van der Waals surface area (Å²) in [6, 6.07) is 8.22. The molecule has 1 aromatic carbocycles. The summed E-state index contributed by atoms with van der Waals surface area (Å²) >= 11 is 0. The summed E-state index contributed by atoms with van der Waals surface area (Å²) in [5.74, 6) is 1.83. The molecule has 1 heterocycles. The molecule has 19 heavy (non-hydrogen) atoms. The second-order valence-corrected chi connectivity index (χ2v) is 4.70. The summed E-state index contributed by atoms with van der Waals surface area (Å²) in [7, 11) is 1.70. The van der Waals surface area contributed by atoms with E-state index in [4.69, 9.17) is 9.15 Å². The molecule has 0 aliphatic carbocycles. The lowest BCUT2D eigenvalue weighted by atomic mass is 9.99. The fourth-order valence-electron chi connectivity index (χ4n) is 2.31. The third-order valence-electron chi connectivity index (χ3n) is 3.27. The average Bonchev–Trinajstić information content (AvgIpc) is 2.82. The third kappa shape index (κ3) is 2.82. The molecule has 0 aliphatic heterocycles. The highest BCUT2D eigenvalue weighted by atomic mass is 16.5. The lowest BCUT2D eigenvalue weighted by Crippen LogP contribution is -2.22. The molecule has 1 unspecified atom stereocenters. The van der Waals surface area contributed by atoms with E-state index < -0.39 is 0 Å². The van der Waals surface area contributed by atoms with Crippen LogP contribution in [0.3, 0.4) is 0 Å². The van der Waals surface area contributed by atoms with Crippen LogP contribution in [0.5, 0.6) is 5.75 Å². The monoisotopic (exact) mass is 259 g/mol. The first-order valence-electron chi connectivity index (χ1n) is 6.59. The molecule has 0 fully saturated rings. The van der Waals surface area contributed by atoms with E-state index in [1.54, 1.807) is 13.4 Å². The van der Waals surface area contributed by atoms with E-state index in [1.165, 1.54) is 5.56 Å². The molecule has 0 radical (unpaired) electrons. The van der Waals surface area contributed by atoms with Crippen molar-refractivity contribution in [3.8, 4) is 5.75 Å². The molecular formula is C16H21NO2. The number of rotatable bonds is 5. The molecule has 1 N–H and O–H groups in total. The Morgan fingerprint density at radius 3 is 2.63 bits per heavy atom. The first-order valence-corrected chi connectivity index (χ1v) is 6.59. The Balaban J connectivity index is 2.50. The van der Waals surface area contributed by atoms with Crippen LogP contribution in [0.4, 0.5) is 0 Å². The lowest BCUT2D eigenvalue weighted by Gasteiger charge is -2.20. The summed E-state index contributed by atoms with van der Waals surface area (Å²) in [4.78, 5) is 0. The molecule has 0 spiro atoms. The Hall–Kier alpha value is -1.74. The van der Waals surface area contributed by atoms with Crippen molar-refractivity contribution in [3.63, 3.8) is 0 Å². The molecule has 0 saturated heterocycles. The topological polar surface area (TPSA) is 34.4 Å². The number of hydrogen-bond donors (Lipinski definition) is 1. The zero-order chi connectivity index (χ0) is 13.8. The molecular weight excluding hydrogens is 238 g/mol. The fourth-order valence-corrected chi connectivity index (χ4v) is 2.31. The summed E-state index contributed by atoms with van der Waals surface area (Å²) in [5.41, 5.74) is 3.47. The molecule has 0 aliphatic rings. The molecule has 0 bridgehead atoms. The number of furan rings is 1. The van der Waals surface area contributed by atoms with Gasteiger partial charge in [-0.05, 0) is 38.1 Å². The molecule has 1 atom stereocenters. The van der Waals surface area contributed by atoms with E-state index in [9.17, 15) is 0 Å². The van der Waals surface area contributed by atoms with Gasteiger partial charge in [-0.3, -0.25) is 0 Å². The zero-order valence-electron chi connectivity index (χ0n) is 12.0. The number of nitrogens with one attached hydrogen (secondary N) is 1. The Labute approximate surface area is 114 Å². The van der Waals surface area contributed by atoms with Crippen LogP contribution in [0.15, 0.2) is 34.9 Å². The van der Waals surface area contributed by atoms with Gasteiger partial charge in [0.15, 0.2) is 0 Å². The average molecular weight is 259 g/mol. The van der Waals surface area contributed by atoms with E-state index in [0.29, 0.717) is 0 Å². The van der Waals surface area contributed by atoms with E-state index >= 15 is 0 Å². The van der Waals surface area contributed by atoms with Crippen molar-refractivity contribution in [3.05, 3.63) is 53.0 Å². The van der Waals surface area contributed by atoms with E-state index in [-0.39, 0.29) is 6.04 Å². The molecule has 3 heteroatoms. The highest BCUT2D eigenvalue weighted by molar-refractivity contribution is 5.43. The second-order valence-electron chi connectivity index (χ2n) is 4.70.